The van der Waals surface area contributed by atoms with E-state index >= 15 is 0 Å². The molecule has 1 atom stereocenters. The highest BCUT2D eigenvalue weighted by Gasteiger charge is 2.20. The van der Waals surface area contributed by atoms with E-state index in [2.05, 4.69) is 10.0 Å². The smallest absolute Gasteiger partial charge is 0.251 e. The molecule has 0 unspecified atom stereocenters. The number of carbonyl (C=O) groups excluding carboxylic acids is 1. The molecule has 1 aliphatic heterocycles. The molecule has 20 heavy (non-hydrogen) atoms. The molecule has 0 bridgehead atoms. The van der Waals surface area contributed by atoms with Crippen LogP contribution in [0.1, 0.15) is 23.2 Å². The minimum atomic E-state index is -3.62. The Morgan fingerprint density at radius 3 is 2.90 bits per heavy atom. The Balaban J connectivity index is 2.10. The van der Waals surface area contributed by atoms with Crippen LogP contribution in [-0.4, -0.2) is 40.6 Å². The van der Waals surface area contributed by atoms with Gasteiger partial charge >= 0.3 is 0 Å². The van der Waals surface area contributed by atoms with Crippen molar-refractivity contribution < 1.29 is 17.9 Å². The van der Waals surface area contributed by atoms with Crippen molar-refractivity contribution in [2.45, 2.75) is 23.8 Å². The second kappa shape index (κ2) is 6.34. The summed E-state index contributed by atoms with van der Waals surface area (Å²) in [4.78, 5) is 11.6. The highest BCUT2D eigenvalue weighted by molar-refractivity contribution is 7.89. The molecule has 1 aliphatic rings. The first kappa shape index (κ1) is 15.0. The monoisotopic (exact) mass is 298 g/mol. The molecule has 1 amide bonds. The predicted molar refractivity (Wildman–Crippen MR) is 74.0 cm³/mol. The lowest BCUT2D eigenvalue weighted by Gasteiger charge is -2.12. The summed E-state index contributed by atoms with van der Waals surface area (Å²) < 4.78 is 32.2. The lowest BCUT2D eigenvalue weighted by molar-refractivity contribution is 0.0963. The minimum absolute atomic E-state index is 0.0631. The second-order valence-electron chi connectivity index (χ2n) is 4.59. The SMILES string of the molecule is CNC(=O)c1cccc(S(=O)(=O)NC[C@H]2CCCO2)c1. The van der Waals surface area contributed by atoms with Crippen LogP contribution in [0.2, 0.25) is 0 Å². The van der Waals surface area contributed by atoms with Gasteiger partial charge in [0.15, 0.2) is 0 Å². The molecular formula is C13H18N2O4S. The molecule has 7 heteroatoms. The number of nitrogens with one attached hydrogen (secondary N) is 2. The molecule has 0 aromatic heterocycles. The van der Waals surface area contributed by atoms with E-state index in [0.29, 0.717) is 12.2 Å². The van der Waals surface area contributed by atoms with Crippen LogP contribution in [-0.2, 0) is 14.8 Å². The topological polar surface area (TPSA) is 84.5 Å². The van der Waals surface area contributed by atoms with E-state index in [4.69, 9.17) is 4.74 Å². The van der Waals surface area contributed by atoms with Crippen LogP contribution in [0.25, 0.3) is 0 Å². The van der Waals surface area contributed by atoms with Gasteiger partial charge in [0, 0.05) is 25.8 Å². The molecule has 2 rings (SSSR count). The third-order valence-corrected chi connectivity index (χ3v) is 4.58. The Morgan fingerprint density at radius 1 is 1.45 bits per heavy atom. The van der Waals surface area contributed by atoms with E-state index in [1.165, 1.54) is 19.2 Å². The maximum atomic E-state index is 12.2. The van der Waals surface area contributed by atoms with Crippen LogP contribution < -0.4 is 10.0 Å². The lowest BCUT2D eigenvalue weighted by Crippen LogP contribution is -2.32. The molecule has 1 fully saturated rings. The van der Waals surface area contributed by atoms with Gasteiger partial charge in [0.25, 0.3) is 5.91 Å². The van der Waals surface area contributed by atoms with E-state index < -0.39 is 10.0 Å². The largest absolute Gasteiger partial charge is 0.377 e. The molecule has 1 aromatic carbocycles. The fourth-order valence-electron chi connectivity index (χ4n) is 2.04. The molecule has 6 nitrogen and oxygen atoms in total. The molecular weight excluding hydrogens is 280 g/mol. The summed E-state index contributed by atoms with van der Waals surface area (Å²) in [7, 11) is -2.12. The first-order valence-corrected chi connectivity index (χ1v) is 7.94. The zero-order valence-electron chi connectivity index (χ0n) is 11.3. The summed E-state index contributed by atoms with van der Waals surface area (Å²) in [5.74, 6) is -0.318. The zero-order valence-corrected chi connectivity index (χ0v) is 12.1. The molecule has 2 N–H and O–H groups in total. The Hall–Kier alpha value is -1.44. The van der Waals surface area contributed by atoms with E-state index in [1.54, 1.807) is 12.1 Å². The van der Waals surface area contributed by atoms with Crippen molar-refractivity contribution in [3.05, 3.63) is 29.8 Å². The molecule has 0 saturated carbocycles. The third-order valence-electron chi connectivity index (χ3n) is 3.16. The maximum Gasteiger partial charge on any atom is 0.251 e. The van der Waals surface area contributed by atoms with Gasteiger partial charge in [0.05, 0.1) is 11.0 Å². The van der Waals surface area contributed by atoms with Crippen LogP contribution in [0.15, 0.2) is 29.2 Å². The fraction of sp³-hybridized carbons (Fsp3) is 0.462. The third kappa shape index (κ3) is 3.56. The van der Waals surface area contributed by atoms with Crippen molar-refractivity contribution in [3.63, 3.8) is 0 Å². The molecule has 1 heterocycles. The number of ether oxygens (including phenoxy) is 1. The van der Waals surface area contributed by atoms with Gasteiger partial charge < -0.3 is 10.1 Å². The van der Waals surface area contributed by atoms with E-state index in [-0.39, 0.29) is 23.5 Å². The highest BCUT2D eigenvalue weighted by Crippen LogP contribution is 2.14. The fourth-order valence-corrected chi connectivity index (χ4v) is 3.15. The molecule has 0 radical (unpaired) electrons. The Kier molecular flexibility index (Phi) is 4.74. The van der Waals surface area contributed by atoms with Crippen molar-refractivity contribution in [2.75, 3.05) is 20.2 Å². The van der Waals surface area contributed by atoms with Crippen molar-refractivity contribution in [1.29, 1.82) is 0 Å². The summed E-state index contributed by atoms with van der Waals surface area (Å²) >= 11 is 0. The summed E-state index contributed by atoms with van der Waals surface area (Å²) in [5.41, 5.74) is 0.312. The van der Waals surface area contributed by atoms with Gasteiger partial charge in [-0.05, 0) is 31.0 Å². The predicted octanol–water partition coefficient (Wildman–Crippen LogP) is 0.503. The number of rotatable bonds is 5. The van der Waals surface area contributed by atoms with Crippen molar-refractivity contribution in [1.82, 2.24) is 10.0 Å². The lowest BCUT2D eigenvalue weighted by atomic mass is 10.2. The first-order valence-electron chi connectivity index (χ1n) is 6.46. The zero-order chi connectivity index (χ0) is 14.6. The van der Waals surface area contributed by atoms with Crippen LogP contribution in [0.5, 0.6) is 0 Å². The molecule has 1 saturated heterocycles. The van der Waals surface area contributed by atoms with Gasteiger partial charge in [-0.1, -0.05) is 6.07 Å². The Bertz CT molecular complexity index is 580. The molecule has 1 aromatic rings. The average molecular weight is 298 g/mol. The van der Waals surface area contributed by atoms with E-state index in [9.17, 15) is 13.2 Å². The van der Waals surface area contributed by atoms with E-state index in [0.717, 1.165) is 12.8 Å². The van der Waals surface area contributed by atoms with Crippen LogP contribution in [0.3, 0.4) is 0 Å². The normalized spacial score (nSPS) is 18.9. The van der Waals surface area contributed by atoms with Crippen molar-refractivity contribution in [3.8, 4) is 0 Å². The van der Waals surface area contributed by atoms with Gasteiger partial charge in [-0.15, -0.1) is 0 Å². The number of amides is 1. The standard InChI is InChI=1S/C13H18N2O4S/c1-14-13(16)10-4-2-6-12(8-10)20(17,18)15-9-11-5-3-7-19-11/h2,4,6,8,11,15H,3,5,7,9H2,1H3,(H,14,16)/t11-/m1/s1. The highest BCUT2D eigenvalue weighted by atomic mass is 32.2. The maximum absolute atomic E-state index is 12.2. The van der Waals surface area contributed by atoms with Gasteiger partial charge in [0.2, 0.25) is 10.0 Å². The summed E-state index contributed by atoms with van der Waals surface area (Å²) in [6.07, 6.45) is 1.76. The Morgan fingerprint density at radius 2 is 2.25 bits per heavy atom. The van der Waals surface area contributed by atoms with Gasteiger partial charge in [-0.3, -0.25) is 4.79 Å². The minimum Gasteiger partial charge on any atom is -0.377 e. The van der Waals surface area contributed by atoms with Gasteiger partial charge in [0.1, 0.15) is 0 Å². The van der Waals surface area contributed by atoms with Crippen LogP contribution in [0, 0.1) is 0 Å². The van der Waals surface area contributed by atoms with Crippen LogP contribution in [0.4, 0.5) is 0 Å². The van der Waals surface area contributed by atoms with Crippen molar-refractivity contribution in [2.24, 2.45) is 0 Å². The first-order chi connectivity index (χ1) is 9.53. The van der Waals surface area contributed by atoms with Crippen molar-refractivity contribution >= 4 is 15.9 Å². The number of benzene rings is 1. The molecule has 0 spiro atoms. The number of hydrogen-bond acceptors (Lipinski definition) is 4. The molecule has 0 aliphatic carbocycles. The second-order valence-corrected chi connectivity index (χ2v) is 6.36. The summed E-state index contributed by atoms with van der Waals surface area (Å²) in [5, 5.41) is 2.46. The number of hydrogen-bond donors (Lipinski definition) is 2. The van der Waals surface area contributed by atoms with E-state index in [1.807, 2.05) is 0 Å². The van der Waals surface area contributed by atoms with Crippen LogP contribution >= 0.6 is 0 Å². The number of carbonyl (C=O) groups is 1. The Labute approximate surface area is 118 Å². The quantitative estimate of drug-likeness (QED) is 0.829. The molecule has 110 valence electrons. The number of sulfonamides is 1. The average Bonchev–Trinajstić information content (AvgIpc) is 2.98. The van der Waals surface area contributed by atoms with Gasteiger partial charge in [-0.2, -0.15) is 0 Å². The summed E-state index contributed by atoms with van der Waals surface area (Å²) in [6, 6.07) is 5.93. The summed E-state index contributed by atoms with van der Waals surface area (Å²) in [6.45, 7) is 0.936. The van der Waals surface area contributed by atoms with Gasteiger partial charge in [-0.25, -0.2) is 13.1 Å².